The molecule has 0 aromatic carbocycles. The summed E-state index contributed by atoms with van der Waals surface area (Å²) in [6.07, 6.45) is 8.57. The lowest BCUT2D eigenvalue weighted by molar-refractivity contribution is -0.140. The van der Waals surface area contributed by atoms with Gasteiger partial charge in [-0.3, -0.25) is 9.59 Å². The average Bonchev–Trinajstić information content (AvgIpc) is 3.40. The quantitative estimate of drug-likeness (QED) is 0.471. The van der Waals surface area contributed by atoms with E-state index in [1.165, 1.54) is 0 Å². The Kier molecular flexibility index (Phi) is 3.66. The zero-order valence-electron chi connectivity index (χ0n) is 16.2. The van der Waals surface area contributed by atoms with E-state index < -0.39 is 0 Å². The van der Waals surface area contributed by atoms with Gasteiger partial charge < -0.3 is 4.57 Å². The van der Waals surface area contributed by atoms with Crippen LogP contribution in [-0.2, 0) is 9.59 Å². The van der Waals surface area contributed by atoms with Gasteiger partial charge in [0.15, 0.2) is 0 Å². The van der Waals surface area contributed by atoms with Crippen molar-refractivity contribution in [2.24, 2.45) is 28.8 Å². The number of aromatic nitrogens is 2. The molecule has 2 amide bonds. The Morgan fingerprint density at radius 1 is 1.07 bits per heavy atom. The van der Waals surface area contributed by atoms with Crippen LogP contribution < -0.4 is 0 Å². The van der Waals surface area contributed by atoms with Crippen LogP contribution in [0, 0.1) is 44.4 Å². The number of hydrogen-bond donors (Lipinski definition) is 0. The van der Waals surface area contributed by atoms with Gasteiger partial charge in [0.25, 0.3) is 11.8 Å². The SMILES string of the molecule is Cc1ccc(-n2c(C)cc(C=NN3C(=O)C4C5C=CC(C5)C4C3=O)c2C)nc1. The first-order chi connectivity index (χ1) is 13.5. The monoisotopic (exact) mass is 374 g/mol. The maximum atomic E-state index is 12.8. The van der Waals surface area contributed by atoms with Gasteiger partial charge in [0.1, 0.15) is 5.82 Å². The molecule has 6 heteroatoms. The topological polar surface area (TPSA) is 67.6 Å². The molecule has 2 fully saturated rings. The maximum Gasteiger partial charge on any atom is 0.254 e. The summed E-state index contributed by atoms with van der Waals surface area (Å²) < 4.78 is 2.05. The fourth-order valence-electron chi connectivity index (χ4n) is 4.98. The van der Waals surface area contributed by atoms with E-state index >= 15 is 0 Å². The van der Waals surface area contributed by atoms with Crippen LogP contribution in [-0.4, -0.2) is 32.6 Å². The number of carbonyl (C=O) groups is 2. The van der Waals surface area contributed by atoms with Crippen LogP contribution in [0.3, 0.4) is 0 Å². The highest BCUT2D eigenvalue weighted by atomic mass is 16.2. The molecule has 142 valence electrons. The van der Waals surface area contributed by atoms with Crippen molar-refractivity contribution >= 4 is 18.0 Å². The van der Waals surface area contributed by atoms with Crippen molar-refractivity contribution in [3.8, 4) is 5.82 Å². The number of carbonyl (C=O) groups excluding carboxylic acids is 2. The fourth-order valence-corrected chi connectivity index (χ4v) is 4.98. The molecule has 2 bridgehead atoms. The minimum absolute atomic E-state index is 0.155. The number of aryl methyl sites for hydroxylation is 2. The Labute approximate surface area is 163 Å². The van der Waals surface area contributed by atoms with Gasteiger partial charge in [-0.2, -0.15) is 10.1 Å². The molecule has 3 heterocycles. The number of fused-ring (bicyclic) bond motifs is 5. The van der Waals surface area contributed by atoms with Crippen molar-refractivity contribution in [2.75, 3.05) is 0 Å². The summed E-state index contributed by atoms with van der Waals surface area (Å²) in [6, 6.07) is 6.00. The highest BCUT2D eigenvalue weighted by Gasteiger charge is 2.59. The van der Waals surface area contributed by atoms with Gasteiger partial charge in [-0.15, -0.1) is 0 Å². The normalized spacial score (nSPS) is 28.2. The largest absolute Gasteiger partial charge is 0.303 e. The minimum atomic E-state index is -0.219. The smallest absolute Gasteiger partial charge is 0.254 e. The number of hydrogen-bond acceptors (Lipinski definition) is 4. The lowest BCUT2D eigenvalue weighted by atomic mass is 9.85. The third kappa shape index (κ3) is 2.33. The Hall–Kier alpha value is -3.02. The molecule has 28 heavy (non-hydrogen) atoms. The Bertz CT molecular complexity index is 1020. The van der Waals surface area contributed by atoms with Crippen LogP contribution >= 0.6 is 0 Å². The second kappa shape index (κ2) is 5.99. The molecule has 1 saturated heterocycles. The van der Waals surface area contributed by atoms with Crippen LogP contribution in [0.15, 0.2) is 41.6 Å². The highest BCUT2D eigenvalue weighted by Crippen LogP contribution is 2.52. The van der Waals surface area contributed by atoms with E-state index in [0.29, 0.717) is 0 Å². The number of allylic oxidation sites excluding steroid dienone is 2. The van der Waals surface area contributed by atoms with E-state index in [4.69, 9.17) is 0 Å². The third-order valence-electron chi connectivity index (χ3n) is 6.35. The van der Waals surface area contributed by atoms with Gasteiger partial charge in [-0.05, 0) is 56.7 Å². The van der Waals surface area contributed by atoms with Crippen LogP contribution in [0.4, 0.5) is 0 Å². The first kappa shape index (κ1) is 17.1. The number of hydrazone groups is 1. The average molecular weight is 374 g/mol. The zero-order chi connectivity index (χ0) is 19.6. The Morgan fingerprint density at radius 3 is 2.36 bits per heavy atom. The molecule has 2 aromatic heterocycles. The van der Waals surface area contributed by atoms with Gasteiger partial charge in [-0.1, -0.05) is 18.2 Å². The predicted octanol–water partition coefficient (Wildman–Crippen LogP) is 2.94. The molecule has 6 nitrogen and oxygen atoms in total. The molecule has 4 unspecified atom stereocenters. The van der Waals surface area contributed by atoms with Gasteiger partial charge in [0.2, 0.25) is 0 Å². The predicted molar refractivity (Wildman–Crippen MR) is 105 cm³/mol. The molecule has 5 rings (SSSR count). The standard InChI is InChI=1S/C22H22N4O2/c1-12-4-7-18(23-10-12)25-13(2)8-17(14(25)3)11-24-26-21(27)19-15-5-6-16(9-15)20(19)22(26)28/h4-8,10-11,15-16,19-20H,9H2,1-3H3. The first-order valence-electron chi connectivity index (χ1n) is 9.68. The van der Waals surface area contributed by atoms with Crippen molar-refractivity contribution in [1.29, 1.82) is 0 Å². The van der Waals surface area contributed by atoms with Crippen molar-refractivity contribution < 1.29 is 9.59 Å². The highest BCUT2D eigenvalue weighted by molar-refractivity contribution is 6.06. The van der Waals surface area contributed by atoms with Crippen LogP contribution in [0.1, 0.15) is 28.9 Å². The lowest BCUT2D eigenvalue weighted by Crippen LogP contribution is -2.28. The molecule has 0 spiro atoms. The van der Waals surface area contributed by atoms with E-state index in [9.17, 15) is 9.59 Å². The molecule has 4 atom stereocenters. The summed E-state index contributed by atoms with van der Waals surface area (Å²) in [7, 11) is 0. The molecule has 2 aliphatic carbocycles. The van der Waals surface area contributed by atoms with E-state index in [1.54, 1.807) is 6.21 Å². The summed E-state index contributed by atoms with van der Waals surface area (Å²) in [6.45, 7) is 6.00. The molecule has 3 aliphatic rings. The zero-order valence-corrected chi connectivity index (χ0v) is 16.2. The maximum absolute atomic E-state index is 12.8. The summed E-state index contributed by atoms with van der Waals surface area (Å²) >= 11 is 0. The summed E-state index contributed by atoms with van der Waals surface area (Å²) in [5.41, 5.74) is 3.97. The molecule has 2 aromatic rings. The molecule has 0 radical (unpaired) electrons. The molecule has 1 saturated carbocycles. The van der Waals surface area contributed by atoms with Crippen LogP contribution in [0.5, 0.6) is 0 Å². The Balaban J connectivity index is 1.44. The third-order valence-corrected chi connectivity index (χ3v) is 6.35. The molecular weight excluding hydrogens is 352 g/mol. The minimum Gasteiger partial charge on any atom is -0.303 e. The van der Waals surface area contributed by atoms with Crippen LogP contribution in [0.25, 0.3) is 5.82 Å². The fraction of sp³-hybridized carbons (Fsp3) is 0.364. The summed E-state index contributed by atoms with van der Waals surface area (Å²) in [4.78, 5) is 30.0. The second-order valence-electron chi connectivity index (χ2n) is 8.09. The van der Waals surface area contributed by atoms with Gasteiger partial charge in [0.05, 0.1) is 18.1 Å². The number of amides is 2. The second-order valence-corrected chi connectivity index (χ2v) is 8.09. The number of imide groups is 1. The molecule has 1 aliphatic heterocycles. The van der Waals surface area contributed by atoms with E-state index in [1.807, 2.05) is 49.7 Å². The molecular formula is C22H22N4O2. The number of rotatable bonds is 3. The summed E-state index contributed by atoms with van der Waals surface area (Å²) in [5, 5.41) is 5.40. The van der Waals surface area contributed by atoms with E-state index in [2.05, 4.69) is 22.2 Å². The summed E-state index contributed by atoms with van der Waals surface area (Å²) in [5.74, 6) is 0.487. The van der Waals surface area contributed by atoms with Crippen molar-refractivity contribution in [3.63, 3.8) is 0 Å². The van der Waals surface area contributed by atoms with Gasteiger partial charge in [0, 0.05) is 23.1 Å². The number of pyridine rings is 1. The van der Waals surface area contributed by atoms with Crippen LogP contribution in [0.2, 0.25) is 0 Å². The van der Waals surface area contributed by atoms with Crippen molar-refractivity contribution in [1.82, 2.24) is 14.6 Å². The van der Waals surface area contributed by atoms with Crippen molar-refractivity contribution in [3.05, 3.63) is 59.1 Å². The van der Waals surface area contributed by atoms with E-state index in [-0.39, 0.29) is 35.5 Å². The van der Waals surface area contributed by atoms with Gasteiger partial charge in [-0.25, -0.2) is 4.98 Å². The Morgan fingerprint density at radius 2 is 1.75 bits per heavy atom. The van der Waals surface area contributed by atoms with E-state index in [0.717, 1.165) is 39.8 Å². The number of nitrogens with zero attached hydrogens (tertiary/aromatic N) is 4. The van der Waals surface area contributed by atoms with Crippen molar-refractivity contribution in [2.45, 2.75) is 27.2 Å². The molecule has 0 N–H and O–H groups in total. The van der Waals surface area contributed by atoms with Gasteiger partial charge >= 0.3 is 0 Å². The lowest BCUT2D eigenvalue weighted by Gasteiger charge is -2.13. The first-order valence-corrected chi connectivity index (χ1v) is 9.68.